The van der Waals surface area contributed by atoms with Crippen LogP contribution in [0, 0.1) is 0 Å². The van der Waals surface area contributed by atoms with Crippen LogP contribution in [0.5, 0.6) is 0 Å². The molecule has 0 unspecified atom stereocenters. The normalized spacial score (nSPS) is 15.0. The number of sulfonamides is 1. The van der Waals surface area contributed by atoms with Crippen LogP contribution in [-0.4, -0.2) is 50.0 Å². The Labute approximate surface area is 226 Å². The molecule has 7 nitrogen and oxygen atoms in total. The molecule has 1 fully saturated rings. The summed E-state index contributed by atoms with van der Waals surface area (Å²) in [5.41, 5.74) is 2.16. The average molecular weight is 548 g/mol. The number of nitrogens with one attached hydrogen (secondary N) is 1. The van der Waals surface area contributed by atoms with Crippen LogP contribution in [0.3, 0.4) is 0 Å². The van der Waals surface area contributed by atoms with Crippen LogP contribution in [0.25, 0.3) is 0 Å². The molecule has 3 rings (SSSR count). The van der Waals surface area contributed by atoms with Crippen LogP contribution in [0.4, 0.5) is 5.69 Å². The molecule has 0 radical (unpaired) electrons. The second-order valence-electron chi connectivity index (χ2n) is 10.0. The molecule has 0 spiro atoms. The lowest BCUT2D eigenvalue weighted by atomic mass is 10.0. The largest absolute Gasteiger partial charge is 0.352 e. The van der Waals surface area contributed by atoms with Crippen molar-refractivity contribution in [1.29, 1.82) is 0 Å². The Balaban J connectivity index is 1.92. The van der Waals surface area contributed by atoms with Crippen LogP contribution in [0.2, 0.25) is 5.02 Å². The Kier molecular flexibility index (Phi) is 10.0. The van der Waals surface area contributed by atoms with Gasteiger partial charge in [0, 0.05) is 17.6 Å². The number of rotatable bonds is 11. The highest BCUT2D eigenvalue weighted by molar-refractivity contribution is 7.92. The van der Waals surface area contributed by atoms with E-state index in [1.165, 1.54) is 4.90 Å². The van der Waals surface area contributed by atoms with Crippen LogP contribution >= 0.6 is 11.6 Å². The molecule has 1 atom stereocenters. The van der Waals surface area contributed by atoms with Gasteiger partial charge >= 0.3 is 0 Å². The van der Waals surface area contributed by atoms with Crippen molar-refractivity contribution >= 4 is 39.1 Å². The number of anilines is 1. The van der Waals surface area contributed by atoms with Gasteiger partial charge in [0.15, 0.2) is 0 Å². The number of nitrogens with zero attached hydrogens (tertiary/aromatic N) is 2. The van der Waals surface area contributed by atoms with Gasteiger partial charge in [-0.05, 0) is 54.5 Å². The molecule has 2 aromatic rings. The van der Waals surface area contributed by atoms with Gasteiger partial charge < -0.3 is 10.2 Å². The quantitative estimate of drug-likeness (QED) is 0.424. The molecule has 0 saturated heterocycles. The second-order valence-corrected chi connectivity index (χ2v) is 12.4. The van der Waals surface area contributed by atoms with E-state index in [-0.39, 0.29) is 24.4 Å². The van der Waals surface area contributed by atoms with Crippen LogP contribution in [-0.2, 0) is 26.2 Å². The number of amides is 2. The first-order valence-electron chi connectivity index (χ1n) is 12.9. The Morgan fingerprint density at radius 2 is 1.68 bits per heavy atom. The molecule has 9 heteroatoms. The molecule has 0 bridgehead atoms. The van der Waals surface area contributed by atoms with Gasteiger partial charge in [0.1, 0.15) is 12.6 Å². The van der Waals surface area contributed by atoms with E-state index in [1.54, 1.807) is 24.3 Å². The van der Waals surface area contributed by atoms with Crippen molar-refractivity contribution in [2.45, 2.75) is 77.4 Å². The first-order valence-corrected chi connectivity index (χ1v) is 15.1. The highest BCUT2D eigenvalue weighted by Crippen LogP contribution is 2.25. The highest BCUT2D eigenvalue weighted by Gasteiger charge is 2.33. The third-order valence-corrected chi connectivity index (χ3v) is 8.42. The molecule has 2 aromatic carbocycles. The molecule has 0 heterocycles. The molecular weight excluding hydrogens is 510 g/mol. The predicted molar refractivity (Wildman–Crippen MR) is 149 cm³/mol. The monoisotopic (exact) mass is 547 g/mol. The summed E-state index contributed by atoms with van der Waals surface area (Å²) in [7, 11) is -3.77. The summed E-state index contributed by atoms with van der Waals surface area (Å²) in [6.45, 7) is 5.64. The molecule has 0 aromatic heterocycles. The van der Waals surface area contributed by atoms with Gasteiger partial charge in [0.05, 0.1) is 11.9 Å². The Morgan fingerprint density at radius 1 is 1.05 bits per heavy atom. The summed E-state index contributed by atoms with van der Waals surface area (Å²) >= 11 is 6.41. The zero-order chi connectivity index (χ0) is 27.2. The lowest BCUT2D eigenvalue weighted by Gasteiger charge is -2.33. The minimum atomic E-state index is -3.77. The van der Waals surface area contributed by atoms with Crippen molar-refractivity contribution in [1.82, 2.24) is 10.2 Å². The van der Waals surface area contributed by atoms with E-state index in [4.69, 9.17) is 11.6 Å². The van der Waals surface area contributed by atoms with Crippen molar-refractivity contribution in [3.8, 4) is 0 Å². The molecule has 0 aliphatic heterocycles. The smallest absolute Gasteiger partial charge is 0.244 e. The zero-order valence-corrected chi connectivity index (χ0v) is 23.7. The van der Waals surface area contributed by atoms with Crippen molar-refractivity contribution in [3.63, 3.8) is 0 Å². The fourth-order valence-corrected chi connectivity index (χ4v) is 5.78. The number of halogens is 1. The van der Waals surface area contributed by atoms with E-state index in [1.807, 2.05) is 31.2 Å². The summed E-state index contributed by atoms with van der Waals surface area (Å²) in [4.78, 5) is 28.6. The van der Waals surface area contributed by atoms with Gasteiger partial charge in [-0.2, -0.15) is 0 Å². The maximum atomic E-state index is 13.8. The van der Waals surface area contributed by atoms with E-state index in [0.717, 1.165) is 41.8 Å². The van der Waals surface area contributed by atoms with Gasteiger partial charge in [-0.1, -0.05) is 75.5 Å². The fourth-order valence-electron chi connectivity index (χ4n) is 4.74. The number of benzene rings is 2. The first kappa shape index (κ1) is 29.0. The second kappa shape index (κ2) is 12.8. The van der Waals surface area contributed by atoms with E-state index >= 15 is 0 Å². The van der Waals surface area contributed by atoms with Crippen molar-refractivity contribution in [3.05, 3.63) is 64.7 Å². The molecular formula is C28H38ClN3O4S. The van der Waals surface area contributed by atoms with Crippen molar-refractivity contribution in [2.24, 2.45) is 0 Å². The Bertz CT molecular complexity index is 1180. The van der Waals surface area contributed by atoms with Gasteiger partial charge in [0.25, 0.3) is 0 Å². The maximum Gasteiger partial charge on any atom is 0.244 e. The summed E-state index contributed by atoms with van der Waals surface area (Å²) in [6, 6.07) is 13.7. The number of hydrogen-bond acceptors (Lipinski definition) is 4. The van der Waals surface area contributed by atoms with Gasteiger partial charge in [-0.15, -0.1) is 0 Å². The Morgan fingerprint density at radius 3 is 2.22 bits per heavy atom. The topological polar surface area (TPSA) is 86.8 Å². The van der Waals surface area contributed by atoms with Crippen LogP contribution in [0.15, 0.2) is 48.5 Å². The van der Waals surface area contributed by atoms with E-state index in [2.05, 4.69) is 19.2 Å². The summed E-state index contributed by atoms with van der Waals surface area (Å²) in [6.07, 6.45) is 5.46. The molecule has 1 aliphatic carbocycles. The lowest BCUT2D eigenvalue weighted by Crippen LogP contribution is -2.53. The van der Waals surface area contributed by atoms with Crippen LogP contribution < -0.4 is 9.62 Å². The predicted octanol–water partition coefficient (Wildman–Crippen LogP) is 5.10. The minimum Gasteiger partial charge on any atom is -0.352 e. The standard InChI is InChI=1S/C28H38ClN3O4S/c1-5-26(28(34)30-23-11-7-8-12-23)31(18-22-10-6-9-13-25(22)29)27(33)19-32(37(4,35)36)24-16-14-21(15-17-24)20(2)3/h6,9-10,13-17,20,23,26H,5,7-8,11-12,18-19H2,1-4H3,(H,30,34)/t26-/m0/s1. The lowest BCUT2D eigenvalue weighted by molar-refractivity contribution is -0.140. The van der Waals surface area contributed by atoms with Crippen molar-refractivity contribution in [2.75, 3.05) is 17.1 Å². The third-order valence-electron chi connectivity index (χ3n) is 6.91. The SMILES string of the molecule is CC[C@@H](C(=O)NC1CCCC1)N(Cc1ccccc1Cl)C(=O)CN(c1ccc(C(C)C)cc1)S(C)(=O)=O. The van der Waals surface area contributed by atoms with E-state index < -0.39 is 28.5 Å². The summed E-state index contributed by atoms with van der Waals surface area (Å²) in [5.74, 6) is -0.397. The number of carbonyl (C=O) groups excluding carboxylic acids is 2. The highest BCUT2D eigenvalue weighted by atomic mass is 35.5. The van der Waals surface area contributed by atoms with Gasteiger partial charge in [-0.25, -0.2) is 8.42 Å². The first-order chi connectivity index (χ1) is 17.5. The molecule has 1 saturated carbocycles. The summed E-state index contributed by atoms with van der Waals surface area (Å²) in [5, 5.41) is 3.58. The summed E-state index contributed by atoms with van der Waals surface area (Å²) < 4.78 is 26.7. The number of carbonyl (C=O) groups is 2. The van der Waals surface area contributed by atoms with Crippen molar-refractivity contribution < 1.29 is 18.0 Å². The average Bonchev–Trinajstić information content (AvgIpc) is 3.35. The van der Waals surface area contributed by atoms with E-state index in [9.17, 15) is 18.0 Å². The molecule has 1 N–H and O–H groups in total. The number of hydrogen-bond donors (Lipinski definition) is 1. The van der Waals surface area contributed by atoms with Gasteiger partial charge in [0.2, 0.25) is 21.8 Å². The molecule has 37 heavy (non-hydrogen) atoms. The maximum absolute atomic E-state index is 13.8. The van der Waals surface area contributed by atoms with E-state index in [0.29, 0.717) is 22.7 Å². The zero-order valence-electron chi connectivity index (χ0n) is 22.1. The fraction of sp³-hybridized carbons (Fsp3) is 0.500. The third kappa shape index (κ3) is 7.71. The van der Waals surface area contributed by atoms with Crippen LogP contribution in [0.1, 0.15) is 69.9 Å². The van der Waals surface area contributed by atoms with Gasteiger partial charge in [-0.3, -0.25) is 13.9 Å². The molecule has 1 aliphatic rings. The molecule has 2 amide bonds. The molecule has 202 valence electrons. The minimum absolute atomic E-state index is 0.0962. The Hall–Kier alpha value is -2.58.